The maximum Gasteiger partial charge on any atom is 0.255 e. The van der Waals surface area contributed by atoms with Gasteiger partial charge in [-0.05, 0) is 59.9 Å². The lowest BCUT2D eigenvalue weighted by Gasteiger charge is -2.29. The molecule has 0 bridgehead atoms. The molecule has 34 heavy (non-hydrogen) atoms. The standard InChI is InChI=1S/C28H29FN2O2S/c1-18-8-14-23(15-9-18)30-25(32)24-17-34-27(20-6-5-7-22(29)16-20)31(24)26(33)19-10-12-21(13-11-19)28(2,3)4/h5-16,24,27H,17H2,1-4H3,(H,30,32). The summed E-state index contributed by atoms with van der Waals surface area (Å²) in [5.74, 6) is -0.448. The molecule has 1 fully saturated rings. The first-order chi connectivity index (χ1) is 16.1. The van der Waals surface area contributed by atoms with Crippen molar-refractivity contribution in [1.29, 1.82) is 0 Å². The molecule has 0 radical (unpaired) electrons. The van der Waals surface area contributed by atoms with E-state index in [2.05, 4.69) is 26.1 Å². The van der Waals surface area contributed by atoms with Crippen molar-refractivity contribution in [2.24, 2.45) is 0 Å². The van der Waals surface area contributed by atoms with E-state index in [4.69, 9.17) is 0 Å². The second kappa shape index (κ2) is 9.63. The first-order valence-electron chi connectivity index (χ1n) is 11.3. The van der Waals surface area contributed by atoms with Crippen molar-refractivity contribution >= 4 is 29.3 Å². The number of rotatable bonds is 4. The number of nitrogens with one attached hydrogen (secondary N) is 1. The lowest BCUT2D eigenvalue weighted by atomic mass is 9.86. The monoisotopic (exact) mass is 476 g/mol. The number of carbonyl (C=O) groups excluding carboxylic acids is 2. The van der Waals surface area contributed by atoms with Gasteiger partial charge in [0, 0.05) is 17.0 Å². The molecule has 3 aromatic carbocycles. The van der Waals surface area contributed by atoms with Crippen LogP contribution >= 0.6 is 11.8 Å². The van der Waals surface area contributed by atoms with Crippen LogP contribution in [0.3, 0.4) is 0 Å². The highest BCUT2D eigenvalue weighted by Crippen LogP contribution is 2.42. The number of hydrogen-bond acceptors (Lipinski definition) is 3. The van der Waals surface area contributed by atoms with Crippen molar-refractivity contribution in [3.8, 4) is 0 Å². The lowest BCUT2D eigenvalue weighted by Crippen LogP contribution is -2.45. The molecule has 2 unspecified atom stereocenters. The average Bonchev–Trinajstić information content (AvgIpc) is 3.25. The Morgan fingerprint density at radius 2 is 1.68 bits per heavy atom. The molecule has 4 rings (SSSR count). The highest BCUT2D eigenvalue weighted by molar-refractivity contribution is 7.99. The maximum absolute atomic E-state index is 14.0. The van der Waals surface area contributed by atoms with Crippen molar-refractivity contribution in [2.75, 3.05) is 11.1 Å². The number of aryl methyl sites for hydroxylation is 1. The third-order valence-corrected chi connectivity index (χ3v) is 7.31. The zero-order valence-electron chi connectivity index (χ0n) is 19.8. The molecule has 1 saturated heterocycles. The zero-order chi connectivity index (χ0) is 24.5. The minimum absolute atomic E-state index is 0.0361. The minimum atomic E-state index is -0.686. The Bertz CT molecular complexity index is 1190. The van der Waals surface area contributed by atoms with E-state index in [9.17, 15) is 14.0 Å². The first kappa shape index (κ1) is 24.0. The lowest BCUT2D eigenvalue weighted by molar-refractivity contribution is -0.119. The second-order valence-electron chi connectivity index (χ2n) is 9.65. The molecule has 1 aliphatic rings. The van der Waals surface area contributed by atoms with E-state index in [1.807, 2.05) is 55.5 Å². The summed E-state index contributed by atoms with van der Waals surface area (Å²) in [6, 6.07) is 20.6. The van der Waals surface area contributed by atoms with Crippen LogP contribution in [-0.4, -0.2) is 28.5 Å². The highest BCUT2D eigenvalue weighted by Gasteiger charge is 2.42. The normalized spacial score (nSPS) is 18.1. The van der Waals surface area contributed by atoms with Crippen LogP contribution in [-0.2, 0) is 10.2 Å². The van der Waals surface area contributed by atoms with Gasteiger partial charge in [-0.15, -0.1) is 11.8 Å². The van der Waals surface area contributed by atoms with Crippen LogP contribution < -0.4 is 5.32 Å². The smallest absolute Gasteiger partial charge is 0.255 e. The molecule has 0 saturated carbocycles. The van der Waals surface area contributed by atoms with Gasteiger partial charge in [-0.2, -0.15) is 0 Å². The molecular formula is C28H29FN2O2S. The first-order valence-corrected chi connectivity index (χ1v) is 12.4. The molecular weight excluding hydrogens is 447 g/mol. The van der Waals surface area contributed by atoms with Gasteiger partial charge >= 0.3 is 0 Å². The maximum atomic E-state index is 14.0. The fraction of sp³-hybridized carbons (Fsp3) is 0.286. The van der Waals surface area contributed by atoms with Gasteiger partial charge in [-0.1, -0.05) is 62.7 Å². The Morgan fingerprint density at radius 1 is 1.00 bits per heavy atom. The number of halogens is 1. The Hall–Kier alpha value is -3.12. The van der Waals surface area contributed by atoms with Crippen molar-refractivity contribution in [3.05, 3.63) is 101 Å². The summed E-state index contributed by atoms with van der Waals surface area (Å²) >= 11 is 1.47. The third kappa shape index (κ3) is 5.17. The SMILES string of the molecule is Cc1ccc(NC(=O)C2CSC(c3cccc(F)c3)N2C(=O)c2ccc(C(C)(C)C)cc2)cc1. The van der Waals surface area contributed by atoms with Gasteiger partial charge in [0.15, 0.2) is 0 Å². The van der Waals surface area contributed by atoms with Crippen LogP contribution in [0, 0.1) is 12.7 Å². The fourth-order valence-electron chi connectivity index (χ4n) is 4.00. The van der Waals surface area contributed by atoms with E-state index in [1.54, 1.807) is 17.0 Å². The Kier molecular flexibility index (Phi) is 6.80. The molecule has 0 spiro atoms. The number of benzene rings is 3. The van der Waals surface area contributed by atoms with Crippen molar-refractivity contribution in [3.63, 3.8) is 0 Å². The van der Waals surface area contributed by atoms with Gasteiger partial charge in [-0.3, -0.25) is 9.59 Å². The summed E-state index contributed by atoms with van der Waals surface area (Å²) < 4.78 is 14.0. The van der Waals surface area contributed by atoms with E-state index in [1.165, 1.54) is 23.9 Å². The number of anilines is 1. The van der Waals surface area contributed by atoms with Gasteiger partial charge < -0.3 is 10.2 Å². The molecule has 176 valence electrons. The van der Waals surface area contributed by atoms with Crippen molar-refractivity contribution in [1.82, 2.24) is 4.90 Å². The third-order valence-electron chi connectivity index (χ3n) is 5.99. The molecule has 1 aliphatic heterocycles. The number of nitrogens with zero attached hydrogens (tertiary/aromatic N) is 1. The highest BCUT2D eigenvalue weighted by atomic mass is 32.2. The number of amides is 2. The van der Waals surface area contributed by atoms with E-state index >= 15 is 0 Å². The van der Waals surface area contributed by atoms with Crippen LogP contribution in [0.1, 0.15) is 53.2 Å². The summed E-state index contributed by atoms with van der Waals surface area (Å²) in [5.41, 5.74) is 4.02. The Morgan fingerprint density at radius 3 is 2.29 bits per heavy atom. The van der Waals surface area contributed by atoms with Crippen molar-refractivity contribution in [2.45, 2.75) is 44.5 Å². The van der Waals surface area contributed by atoms with Gasteiger partial charge in [-0.25, -0.2) is 4.39 Å². The van der Waals surface area contributed by atoms with Crippen LogP contribution in [0.5, 0.6) is 0 Å². The fourth-order valence-corrected chi connectivity index (χ4v) is 5.42. The molecule has 0 aliphatic carbocycles. The predicted molar refractivity (Wildman–Crippen MR) is 137 cm³/mol. The molecule has 1 heterocycles. The summed E-state index contributed by atoms with van der Waals surface area (Å²) in [7, 11) is 0. The average molecular weight is 477 g/mol. The number of hydrogen-bond donors (Lipinski definition) is 1. The van der Waals surface area contributed by atoms with Crippen molar-refractivity contribution < 1.29 is 14.0 Å². The van der Waals surface area contributed by atoms with Crippen LogP contribution in [0.25, 0.3) is 0 Å². The molecule has 0 aromatic heterocycles. The van der Waals surface area contributed by atoms with Gasteiger partial charge in [0.1, 0.15) is 17.2 Å². The van der Waals surface area contributed by atoms with E-state index in [0.717, 1.165) is 11.1 Å². The van der Waals surface area contributed by atoms with Gasteiger partial charge in [0.05, 0.1) is 0 Å². The summed E-state index contributed by atoms with van der Waals surface area (Å²) in [4.78, 5) is 28.6. The van der Waals surface area contributed by atoms with Gasteiger partial charge in [0.2, 0.25) is 5.91 Å². The molecule has 3 aromatic rings. The predicted octanol–water partition coefficient (Wildman–Crippen LogP) is 6.33. The Labute approximate surface area is 204 Å². The molecule has 1 N–H and O–H groups in total. The van der Waals surface area contributed by atoms with Crippen LogP contribution in [0.2, 0.25) is 0 Å². The summed E-state index contributed by atoms with van der Waals surface area (Å²) in [5, 5.41) is 2.48. The van der Waals surface area contributed by atoms with Crippen LogP contribution in [0.15, 0.2) is 72.8 Å². The van der Waals surface area contributed by atoms with Gasteiger partial charge in [0.25, 0.3) is 5.91 Å². The molecule has 2 amide bonds. The molecule has 6 heteroatoms. The zero-order valence-corrected chi connectivity index (χ0v) is 20.7. The minimum Gasteiger partial charge on any atom is -0.324 e. The molecule has 4 nitrogen and oxygen atoms in total. The summed E-state index contributed by atoms with van der Waals surface area (Å²) in [6.45, 7) is 8.33. The second-order valence-corrected chi connectivity index (χ2v) is 10.8. The summed E-state index contributed by atoms with van der Waals surface area (Å²) in [6.07, 6.45) is 0. The largest absolute Gasteiger partial charge is 0.324 e. The number of carbonyl (C=O) groups is 2. The van der Waals surface area contributed by atoms with Crippen LogP contribution in [0.4, 0.5) is 10.1 Å². The number of thioether (sulfide) groups is 1. The molecule has 2 atom stereocenters. The van der Waals surface area contributed by atoms with E-state index < -0.39 is 11.4 Å². The topological polar surface area (TPSA) is 49.4 Å². The quantitative estimate of drug-likeness (QED) is 0.479. The Balaban J connectivity index is 1.66. The van der Waals surface area contributed by atoms with E-state index in [-0.39, 0.29) is 23.0 Å². The van der Waals surface area contributed by atoms with E-state index in [0.29, 0.717) is 22.6 Å².